The van der Waals surface area contributed by atoms with Gasteiger partial charge in [0.2, 0.25) is 11.8 Å². The number of nitrogens with one attached hydrogen (secondary N) is 1. The van der Waals surface area contributed by atoms with Gasteiger partial charge in [-0.05, 0) is 75.8 Å². The lowest BCUT2D eigenvalue weighted by Crippen LogP contribution is -2.45. The highest BCUT2D eigenvalue weighted by atomic mass is 32.2. The molecule has 12 heteroatoms. The fourth-order valence-electron chi connectivity index (χ4n) is 5.65. The van der Waals surface area contributed by atoms with Crippen LogP contribution in [0.5, 0.6) is 11.6 Å². The molecule has 0 saturated carbocycles. The standard InChI is InChI=1S/C35H42N6O5S/c1-21(2)46-29-18-36-30(37-24(29)5)19-41-26(17-35(6,7)8)20-45-31-16-28(32-22(3)11-9-12-23(32)4)38-34(39-31)40-47(43,44)27-14-10-13-25(15-27)33(41)42/h9-16,18,21,26H,17,19-20H2,1-8H3,(H,38,39,40)/t26-/m1/s1. The zero-order chi connectivity index (χ0) is 34.1. The predicted molar refractivity (Wildman–Crippen MR) is 180 cm³/mol. The number of ether oxygens (including phenoxy) is 2. The Hall–Kier alpha value is -4.58. The second kappa shape index (κ2) is 13.3. The monoisotopic (exact) mass is 658 g/mol. The summed E-state index contributed by atoms with van der Waals surface area (Å²) in [4.78, 5) is 34.2. The van der Waals surface area contributed by atoms with E-state index < -0.39 is 16.1 Å². The molecule has 0 aliphatic carbocycles. The first-order valence-electron chi connectivity index (χ1n) is 15.6. The van der Waals surface area contributed by atoms with Crippen LogP contribution in [0.15, 0.2) is 59.6 Å². The topological polar surface area (TPSA) is 136 Å². The number of carbonyl (C=O) groups excluding carboxylic acids is 1. The van der Waals surface area contributed by atoms with Crippen molar-refractivity contribution < 1.29 is 22.7 Å². The van der Waals surface area contributed by atoms with E-state index >= 15 is 0 Å². The first-order chi connectivity index (χ1) is 22.1. The van der Waals surface area contributed by atoms with Crippen LogP contribution in [0.2, 0.25) is 0 Å². The Morgan fingerprint density at radius 2 is 1.72 bits per heavy atom. The summed E-state index contributed by atoms with van der Waals surface area (Å²) in [6, 6.07) is 13.1. The molecule has 1 amide bonds. The molecule has 2 aromatic heterocycles. The maximum Gasteiger partial charge on any atom is 0.264 e. The van der Waals surface area contributed by atoms with Gasteiger partial charge in [0, 0.05) is 17.2 Å². The highest BCUT2D eigenvalue weighted by Gasteiger charge is 2.32. The lowest BCUT2D eigenvalue weighted by Gasteiger charge is -2.35. The van der Waals surface area contributed by atoms with E-state index in [-0.39, 0.29) is 52.9 Å². The van der Waals surface area contributed by atoms with E-state index in [2.05, 4.69) is 45.4 Å². The summed E-state index contributed by atoms with van der Waals surface area (Å²) < 4.78 is 42.0. The Bertz CT molecular complexity index is 1880. The largest absolute Gasteiger partial charge is 0.487 e. The molecule has 2 aromatic carbocycles. The van der Waals surface area contributed by atoms with Crippen LogP contribution in [0, 0.1) is 26.2 Å². The van der Waals surface area contributed by atoms with Crippen LogP contribution in [-0.4, -0.2) is 57.9 Å². The lowest BCUT2D eigenvalue weighted by molar-refractivity contribution is 0.0505. The number of rotatable bonds is 6. The molecule has 0 unspecified atom stereocenters. The number of fused-ring (bicyclic) bond motifs is 4. The maximum absolute atomic E-state index is 14.4. The molecule has 4 aromatic rings. The van der Waals surface area contributed by atoms with E-state index in [9.17, 15) is 13.2 Å². The van der Waals surface area contributed by atoms with E-state index in [0.29, 0.717) is 29.4 Å². The molecule has 4 bridgehead atoms. The molecule has 0 radical (unpaired) electrons. The molecule has 1 aliphatic rings. The molecule has 3 heterocycles. The number of nitrogens with zero attached hydrogens (tertiary/aromatic N) is 5. The van der Waals surface area contributed by atoms with Crippen molar-refractivity contribution in [1.29, 1.82) is 0 Å². The summed E-state index contributed by atoms with van der Waals surface area (Å²) >= 11 is 0. The minimum atomic E-state index is -4.18. The molecule has 47 heavy (non-hydrogen) atoms. The van der Waals surface area contributed by atoms with Gasteiger partial charge in [-0.15, -0.1) is 0 Å². The van der Waals surface area contributed by atoms with Crippen molar-refractivity contribution >= 4 is 21.9 Å². The van der Waals surface area contributed by atoms with Gasteiger partial charge in [0.25, 0.3) is 15.9 Å². The number of hydrogen-bond acceptors (Lipinski definition) is 9. The van der Waals surface area contributed by atoms with Gasteiger partial charge in [-0.1, -0.05) is 45.0 Å². The molecule has 248 valence electrons. The molecular formula is C35H42N6O5S. The van der Waals surface area contributed by atoms with Crippen molar-refractivity contribution in [2.45, 2.75) is 85.4 Å². The Kier molecular flexibility index (Phi) is 9.53. The first-order valence-corrected chi connectivity index (χ1v) is 17.1. The third-order valence-corrected chi connectivity index (χ3v) is 9.01. The summed E-state index contributed by atoms with van der Waals surface area (Å²) in [6.07, 6.45) is 2.13. The van der Waals surface area contributed by atoms with Crippen molar-refractivity contribution in [3.05, 3.63) is 82.9 Å². The summed E-state index contributed by atoms with van der Waals surface area (Å²) in [6.45, 7) is 16.0. The van der Waals surface area contributed by atoms with Crippen molar-refractivity contribution in [3.8, 4) is 22.9 Å². The molecule has 1 N–H and O–H groups in total. The van der Waals surface area contributed by atoms with Crippen molar-refractivity contribution in [2.24, 2.45) is 5.41 Å². The second-order valence-electron chi connectivity index (χ2n) is 13.4. The number of carbonyl (C=O) groups is 1. The second-order valence-corrected chi connectivity index (χ2v) is 15.1. The van der Waals surface area contributed by atoms with Crippen molar-refractivity contribution in [2.75, 3.05) is 11.3 Å². The van der Waals surface area contributed by atoms with Gasteiger partial charge in [-0.25, -0.2) is 28.1 Å². The van der Waals surface area contributed by atoms with E-state index in [0.717, 1.165) is 16.7 Å². The smallest absolute Gasteiger partial charge is 0.264 e. The van der Waals surface area contributed by atoms with Crippen LogP contribution < -0.4 is 14.2 Å². The number of anilines is 1. The third-order valence-electron chi connectivity index (χ3n) is 7.69. The quantitative estimate of drug-likeness (QED) is 0.254. The van der Waals surface area contributed by atoms with Gasteiger partial charge in [-0.3, -0.25) is 4.79 Å². The predicted octanol–water partition coefficient (Wildman–Crippen LogP) is 6.29. The molecule has 0 spiro atoms. The summed E-state index contributed by atoms with van der Waals surface area (Å²) in [5.74, 6) is 0.654. The zero-order valence-corrected chi connectivity index (χ0v) is 29.0. The van der Waals surface area contributed by atoms with E-state index in [4.69, 9.17) is 9.47 Å². The van der Waals surface area contributed by atoms with Crippen LogP contribution in [0.25, 0.3) is 11.3 Å². The molecule has 11 nitrogen and oxygen atoms in total. The number of sulfonamides is 1. The molecule has 1 atom stereocenters. The molecule has 0 fully saturated rings. The van der Waals surface area contributed by atoms with E-state index in [1.807, 2.05) is 52.8 Å². The van der Waals surface area contributed by atoms with Crippen LogP contribution in [0.4, 0.5) is 5.95 Å². The van der Waals surface area contributed by atoms with E-state index in [1.54, 1.807) is 29.3 Å². The van der Waals surface area contributed by atoms with Gasteiger partial charge < -0.3 is 14.4 Å². The molecular weight excluding hydrogens is 616 g/mol. The van der Waals surface area contributed by atoms with Gasteiger partial charge in [-0.2, -0.15) is 4.98 Å². The number of hydrogen-bond donors (Lipinski definition) is 1. The van der Waals surface area contributed by atoms with Crippen molar-refractivity contribution in [3.63, 3.8) is 0 Å². The van der Waals surface area contributed by atoms with E-state index in [1.165, 1.54) is 12.1 Å². The number of benzene rings is 2. The van der Waals surface area contributed by atoms with Crippen LogP contribution in [0.1, 0.15) is 74.0 Å². The van der Waals surface area contributed by atoms with Gasteiger partial charge in [0.1, 0.15) is 12.4 Å². The average Bonchev–Trinajstić information content (AvgIpc) is 2.98. The van der Waals surface area contributed by atoms with Crippen molar-refractivity contribution in [1.82, 2.24) is 24.8 Å². The van der Waals surface area contributed by atoms with Crippen LogP contribution in [0.3, 0.4) is 0 Å². The minimum absolute atomic E-state index is 0.0484. The fourth-order valence-corrected chi connectivity index (χ4v) is 6.64. The first kappa shape index (κ1) is 33.8. The third kappa shape index (κ3) is 8.05. The summed E-state index contributed by atoms with van der Waals surface area (Å²) in [5, 5.41) is 0. The normalized spacial score (nSPS) is 16.4. The molecule has 5 rings (SSSR count). The molecule has 0 saturated heterocycles. The zero-order valence-electron chi connectivity index (χ0n) is 28.2. The average molecular weight is 659 g/mol. The van der Waals surface area contributed by atoms with Gasteiger partial charge in [0.05, 0.1) is 41.2 Å². The Morgan fingerprint density at radius 3 is 2.38 bits per heavy atom. The SMILES string of the molecule is Cc1cccc(C)c1-c1cc2nc(n1)NS(=O)(=O)c1cccc(c1)C(=O)N(Cc1ncc(OC(C)C)c(C)n1)[C@H](CC(C)(C)C)CO2. The number of aryl methyl sites for hydroxylation is 3. The van der Waals surface area contributed by atoms with Crippen LogP contribution >= 0.6 is 0 Å². The Balaban J connectivity index is 1.65. The summed E-state index contributed by atoms with van der Waals surface area (Å²) in [7, 11) is -4.18. The Morgan fingerprint density at radius 1 is 1.02 bits per heavy atom. The number of amides is 1. The van der Waals surface area contributed by atoms with Crippen LogP contribution in [-0.2, 0) is 16.6 Å². The number of aromatic nitrogens is 4. The fraction of sp³-hybridized carbons (Fsp3) is 0.400. The maximum atomic E-state index is 14.4. The van der Waals surface area contributed by atoms with Gasteiger partial charge in [0.15, 0.2) is 5.75 Å². The highest BCUT2D eigenvalue weighted by Crippen LogP contribution is 2.32. The lowest BCUT2D eigenvalue weighted by atomic mass is 9.87. The highest BCUT2D eigenvalue weighted by molar-refractivity contribution is 7.92. The Labute approximate surface area is 276 Å². The van der Waals surface area contributed by atoms with Gasteiger partial charge >= 0.3 is 0 Å². The minimum Gasteiger partial charge on any atom is -0.487 e. The summed E-state index contributed by atoms with van der Waals surface area (Å²) in [5.41, 5.74) is 3.95. The molecule has 1 aliphatic heterocycles.